The number of furan rings is 1. The van der Waals surface area contributed by atoms with Crippen LogP contribution >= 0.6 is 23.2 Å². The molecule has 1 unspecified atom stereocenters. The van der Waals surface area contributed by atoms with Gasteiger partial charge in [-0.25, -0.2) is 13.1 Å². The highest BCUT2D eigenvalue weighted by molar-refractivity contribution is 7.90. The van der Waals surface area contributed by atoms with Gasteiger partial charge in [0, 0.05) is 11.6 Å². The predicted octanol–water partition coefficient (Wildman–Crippen LogP) is 4.43. The zero-order valence-corrected chi connectivity index (χ0v) is 25.9. The first-order valence-electron chi connectivity index (χ1n) is 13.2. The fraction of sp³-hybridized carbons (Fsp3) is 0.345. The summed E-state index contributed by atoms with van der Waals surface area (Å²) in [6.07, 6.45) is 3.22. The number of hydrogen-bond acceptors (Lipinski definition) is 8. The second-order valence-electron chi connectivity index (χ2n) is 10.2. The molecule has 0 radical (unpaired) electrons. The summed E-state index contributed by atoms with van der Waals surface area (Å²) in [6, 6.07) is 15.5. The van der Waals surface area contributed by atoms with Crippen LogP contribution in [0.2, 0.25) is 0 Å². The van der Waals surface area contributed by atoms with Crippen LogP contribution in [0.4, 0.5) is 0 Å². The molecule has 43 heavy (non-hydrogen) atoms. The highest BCUT2D eigenvalue weighted by Gasteiger charge is 2.45. The Kier molecular flexibility index (Phi) is 10.1. The molecule has 11 nitrogen and oxygen atoms in total. The van der Waals surface area contributed by atoms with E-state index in [1.165, 1.54) is 42.3 Å². The number of carbonyl (C=O) groups is 3. The first-order chi connectivity index (χ1) is 20.3. The number of nitrogens with zero attached hydrogens (tertiary/aromatic N) is 1. The lowest BCUT2D eigenvalue weighted by Crippen LogP contribution is -2.45. The van der Waals surface area contributed by atoms with E-state index in [4.69, 9.17) is 37.1 Å². The van der Waals surface area contributed by atoms with Crippen LogP contribution in [0, 0.1) is 0 Å². The Morgan fingerprint density at radius 1 is 1.00 bits per heavy atom. The molecule has 230 valence electrons. The van der Waals surface area contributed by atoms with E-state index in [1.54, 1.807) is 44.4 Å². The summed E-state index contributed by atoms with van der Waals surface area (Å²) in [7, 11) is -2.68. The minimum absolute atomic E-state index is 0.108. The number of nitrogens with one attached hydrogen (secondary N) is 2. The number of carbonyl (C=O) groups excluding carboxylic acids is 3. The molecule has 0 spiro atoms. The number of alkyl halides is 2. The van der Waals surface area contributed by atoms with Crippen LogP contribution in [0.15, 0.2) is 76.2 Å². The third-order valence-electron chi connectivity index (χ3n) is 6.66. The van der Waals surface area contributed by atoms with Crippen molar-refractivity contribution in [2.75, 3.05) is 13.7 Å². The summed E-state index contributed by atoms with van der Waals surface area (Å²) in [5.41, 5.74) is -0.262. The van der Waals surface area contributed by atoms with Gasteiger partial charge in [0.2, 0.25) is 0 Å². The second kappa shape index (κ2) is 13.4. The zero-order valence-electron chi connectivity index (χ0n) is 23.6. The largest absolute Gasteiger partial charge is 0.496 e. The molecule has 1 aromatic heterocycles. The minimum Gasteiger partial charge on any atom is -0.496 e. The Morgan fingerprint density at radius 3 is 2.26 bits per heavy atom. The van der Waals surface area contributed by atoms with Gasteiger partial charge in [0.1, 0.15) is 23.3 Å². The normalized spacial score (nSPS) is 17.5. The van der Waals surface area contributed by atoms with Gasteiger partial charge in [-0.2, -0.15) is 0 Å². The Balaban J connectivity index is 0.000000215. The number of para-hydroxylation sites is 1. The van der Waals surface area contributed by atoms with E-state index in [1.807, 2.05) is 10.8 Å². The lowest BCUT2D eigenvalue weighted by atomic mass is 10.2. The maximum Gasteiger partial charge on any atom is 0.268 e. The topological polar surface area (TPSA) is 144 Å². The molecule has 3 aromatic rings. The molecule has 2 aliphatic rings. The van der Waals surface area contributed by atoms with Crippen LogP contribution in [0.1, 0.15) is 59.3 Å². The summed E-state index contributed by atoms with van der Waals surface area (Å²) in [4.78, 5) is 36.4. The van der Waals surface area contributed by atoms with E-state index in [2.05, 4.69) is 5.32 Å². The quantitative estimate of drug-likeness (QED) is 0.341. The number of hydrogen-bond donors (Lipinski definition) is 2. The van der Waals surface area contributed by atoms with E-state index in [0.29, 0.717) is 17.9 Å². The molecule has 2 fully saturated rings. The van der Waals surface area contributed by atoms with E-state index in [-0.39, 0.29) is 40.2 Å². The van der Waals surface area contributed by atoms with Crippen LogP contribution in [0.25, 0.3) is 0 Å². The smallest absolute Gasteiger partial charge is 0.268 e. The number of benzene rings is 2. The minimum atomic E-state index is -4.07. The SMILES string of the molecule is CC1(C)OC(c2ccco2)CN1C(=O)C(Cl)Cl.COc1ccccc1C(=O)NS(=O)(=O)c1ccc(C(=O)NC2CC2)cc1. The molecule has 1 atom stereocenters. The molecular formula is C29H31Cl2N3O8S. The monoisotopic (exact) mass is 651 g/mol. The van der Waals surface area contributed by atoms with Gasteiger partial charge in [-0.05, 0) is 75.2 Å². The predicted molar refractivity (Wildman–Crippen MR) is 158 cm³/mol. The average molecular weight is 653 g/mol. The maximum absolute atomic E-state index is 12.4. The van der Waals surface area contributed by atoms with Gasteiger partial charge < -0.3 is 24.1 Å². The highest BCUT2D eigenvalue weighted by atomic mass is 35.5. The molecule has 1 aliphatic heterocycles. The Morgan fingerprint density at radius 2 is 1.67 bits per heavy atom. The molecular weight excluding hydrogens is 621 g/mol. The molecule has 3 amide bonds. The first-order valence-corrected chi connectivity index (χ1v) is 15.6. The van der Waals surface area contributed by atoms with Crippen LogP contribution in [-0.4, -0.2) is 61.3 Å². The van der Waals surface area contributed by atoms with Gasteiger partial charge >= 0.3 is 0 Å². The van der Waals surface area contributed by atoms with Crippen molar-refractivity contribution >= 4 is 50.9 Å². The molecule has 2 heterocycles. The molecule has 1 saturated heterocycles. The highest BCUT2D eigenvalue weighted by Crippen LogP contribution is 2.36. The molecule has 0 bridgehead atoms. The van der Waals surface area contributed by atoms with Crippen molar-refractivity contribution in [2.24, 2.45) is 0 Å². The number of ether oxygens (including phenoxy) is 2. The summed E-state index contributed by atoms with van der Waals surface area (Å²) in [6.45, 7) is 3.98. The van der Waals surface area contributed by atoms with Crippen molar-refractivity contribution in [1.29, 1.82) is 0 Å². The van der Waals surface area contributed by atoms with Crippen molar-refractivity contribution < 1.29 is 36.7 Å². The third-order valence-corrected chi connectivity index (χ3v) is 8.38. The number of amides is 3. The fourth-order valence-corrected chi connectivity index (χ4v) is 5.48. The number of sulfonamides is 1. The summed E-state index contributed by atoms with van der Waals surface area (Å²) < 4.78 is 42.9. The summed E-state index contributed by atoms with van der Waals surface area (Å²) in [5, 5.41) is 2.82. The van der Waals surface area contributed by atoms with Crippen molar-refractivity contribution in [3.8, 4) is 5.75 Å². The molecule has 2 N–H and O–H groups in total. The number of rotatable bonds is 8. The molecule has 14 heteroatoms. The molecule has 1 aliphatic carbocycles. The molecule has 2 aromatic carbocycles. The van der Waals surface area contributed by atoms with Crippen molar-refractivity contribution in [2.45, 2.75) is 54.3 Å². The Hall–Kier alpha value is -3.58. The Labute approximate surface area is 259 Å². The zero-order chi connectivity index (χ0) is 31.4. The van der Waals surface area contributed by atoms with Crippen LogP contribution in [0.5, 0.6) is 5.75 Å². The summed E-state index contributed by atoms with van der Waals surface area (Å²) in [5.74, 6) is -0.429. The van der Waals surface area contributed by atoms with E-state index >= 15 is 0 Å². The second-order valence-corrected chi connectivity index (χ2v) is 13.0. The van der Waals surface area contributed by atoms with Gasteiger partial charge in [-0.15, -0.1) is 0 Å². The maximum atomic E-state index is 12.4. The van der Waals surface area contributed by atoms with Gasteiger partial charge in [0.15, 0.2) is 4.84 Å². The van der Waals surface area contributed by atoms with Crippen molar-refractivity contribution in [3.63, 3.8) is 0 Å². The van der Waals surface area contributed by atoms with Gasteiger partial charge in [0.05, 0.1) is 30.4 Å². The lowest BCUT2D eigenvalue weighted by molar-refractivity contribution is -0.144. The number of halogens is 2. The van der Waals surface area contributed by atoms with E-state index in [0.717, 1.165) is 12.8 Å². The first kappa shape index (κ1) is 32.3. The molecule has 1 saturated carbocycles. The summed E-state index contributed by atoms with van der Waals surface area (Å²) >= 11 is 11.2. The number of methoxy groups -OCH3 is 1. The standard InChI is InChI=1S/C18H18N2O5S.C11H13Cl2NO3/c1-25-16-5-3-2-4-15(16)18(22)20-26(23,24)14-10-6-12(7-11-14)17(21)19-13-8-9-13;1-11(2)14(10(15)9(12)13)6-8(17-11)7-4-3-5-16-7/h2-7,10-11,13H,8-9H2,1H3,(H,19,21)(H,20,22);3-5,8-9H,6H2,1-2H3. The molecule has 5 rings (SSSR count). The van der Waals surface area contributed by atoms with Crippen molar-refractivity contribution in [3.05, 3.63) is 83.8 Å². The third kappa shape index (κ3) is 8.08. The van der Waals surface area contributed by atoms with Crippen LogP contribution in [-0.2, 0) is 19.6 Å². The van der Waals surface area contributed by atoms with E-state index < -0.39 is 26.5 Å². The van der Waals surface area contributed by atoms with Crippen molar-refractivity contribution in [1.82, 2.24) is 14.9 Å². The van der Waals surface area contributed by atoms with Gasteiger partial charge in [-0.1, -0.05) is 35.3 Å². The van der Waals surface area contributed by atoms with Crippen LogP contribution in [0.3, 0.4) is 0 Å². The van der Waals surface area contributed by atoms with E-state index in [9.17, 15) is 22.8 Å². The fourth-order valence-electron chi connectivity index (χ4n) is 4.28. The lowest BCUT2D eigenvalue weighted by Gasteiger charge is -2.29. The van der Waals surface area contributed by atoms with Gasteiger partial charge in [-0.3, -0.25) is 14.4 Å². The van der Waals surface area contributed by atoms with Crippen LogP contribution < -0.4 is 14.8 Å². The average Bonchev–Trinajstić information content (AvgIpc) is 3.49. The van der Waals surface area contributed by atoms with Gasteiger partial charge in [0.25, 0.3) is 27.7 Å². The Bertz CT molecular complexity index is 1560.